The van der Waals surface area contributed by atoms with E-state index in [0.717, 1.165) is 25.1 Å². The van der Waals surface area contributed by atoms with Gasteiger partial charge in [0.1, 0.15) is 0 Å². The van der Waals surface area contributed by atoms with Gasteiger partial charge in [-0.1, -0.05) is 6.08 Å². The van der Waals surface area contributed by atoms with E-state index in [0.29, 0.717) is 12.0 Å². The number of nitrogens with zero attached hydrogens (tertiary/aromatic N) is 2. The highest BCUT2D eigenvalue weighted by atomic mass is 16.1. The van der Waals surface area contributed by atoms with Gasteiger partial charge in [-0.25, -0.2) is 0 Å². The Hall–Kier alpha value is -2.08. The second kappa shape index (κ2) is 3.99. The summed E-state index contributed by atoms with van der Waals surface area (Å²) in [4.78, 5) is 13.8. The first-order valence-electron chi connectivity index (χ1n) is 6.23. The zero-order valence-electron chi connectivity index (χ0n) is 10.1. The Labute approximate surface area is 106 Å². The Morgan fingerprint density at radius 3 is 2.67 bits per heavy atom. The molecule has 1 aliphatic heterocycles. The minimum atomic E-state index is -0.106. The maximum absolute atomic E-state index is 11.5. The van der Waals surface area contributed by atoms with Crippen molar-refractivity contribution in [2.75, 3.05) is 11.4 Å². The number of ketones is 1. The molecule has 0 aromatic heterocycles. The molecule has 3 rings (SSSR count). The Morgan fingerprint density at radius 2 is 2.06 bits per heavy atom. The van der Waals surface area contributed by atoms with Gasteiger partial charge in [-0.15, -0.1) is 0 Å². The molecule has 1 aromatic carbocycles. The van der Waals surface area contributed by atoms with Crippen molar-refractivity contribution in [1.82, 2.24) is 0 Å². The van der Waals surface area contributed by atoms with Crippen molar-refractivity contribution in [2.24, 2.45) is 0 Å². The minimum Gasteiger partial charge on any atom is -0.362 e. The normalized spacial score (nSPS) is 25.9. The van der Waals surface area contributed by atoms with E-state index in [2.05, 4.69) is 17.0 Å². The van der Waals surface area contributed by atoms with Gasteiger partial charge in [-0.2, -0.15) is 5.26 Å². The van der Waals surface area contributed by atoms with Crippen LogP contribution < -0.4 is 4.90 Å². The molecule has 3 nitrogen and oxygen atoms in total. The van der Waals surface area contributed by atoms with Crippen LogP contribution in [0.3, 0.4) is 0 Å². The molecule has 1 aromatic rings. The smallest absolute Gasteiger partial charge is 0.158 e. The van der Waals surface area contributed by atoms with Crippen molar-refractivity contribution in [2.45, 2.75) is 24.8 Å². The van der Waals surface area contributed by atoms with E-state index in [9.17, 15) is 4.79 Å². The second-order valence-electron chi connectivity index (χ2n) is 4.99. The number of anilines is 1. The van der Waals surface area contributed by atoms with Crippen molar-refractivity contribution in [1.29, 1.82) is 5.26 Å². The molecule has 1 saturated heterocycles. The highest BCUT2D eigenvalue weighted by Gasteiger charge is 2.42. The van der Waals surface area contributed by atoms with Gasteiger partial charge >= 0.3 is 0 Å². The zero-order chi connectivity index (χ0) is 12.6. The van der Waals surface area contributed by atoms with Crippen LogP contribution in [0.15, 0.2) is 36.4 Å². The Balaban J connectivity index is 1.93. The van der Waals surface area contributed by atoms with Crippen molar-refractivity contribution in [3.63, 3.8) is 0 Å². The first kappa shape index (κ1) is 11.0. The summed E-state index contributed by atoms with van der Waals surface area (Å²) in [6, 6.07) is 9.75. The number of hydrogen-bond acceptors (Lipinski definition) is 3. The molecule has 1 atom stereocenters. The van der Waals surface area contributed by atoms with Gasteiger partial charge in [0.2, 0.25) is 0 Å². The van der Waals surface area contributed by atoms with Crippen LogP contribution in [-0.4, -0.2) is 17.9 Å². The van der Waals surface area contributed by atoms with Crippen LogP contribution in [0.4, 0.5) is 5.69 Å². The number of allylic oxidation sites excluding steroid dienone is 1. The fraction of sp³-hybridized carbons (Fsp3) is 0.333. The molecule has 0 amide bonds. The van der Waals surface area contributed by atoms with Crippen molar-refractivity contribution < 1.29 is 4.79 Å². The molecule has 1 fully saturated rings. The van der Waals surface area contributed by atoms with Crippen molar-refractivity contribution in [3.05, 3.63) is 42.0 Å². The summed E-state index contributed by atoms with van der Waals surface area (Å²) in [5.74, 6) is 0.218. The summed E-state index contributed by atoms with van der Waals surface area (Å²) in [5, 5.41) is 8.81. The molecule has 0 bridgehead atoms. The van der Waals surface area contributed by atoms with E-state index in [1.165, 1.54) is 0 Å². The Morgan fingerprint density at radius 1 is 1.28 bits per heavy atom. The topological polar surface area (TPSA) is 44.1 Å². The third-order valence-electron chi connectivity index (χ3n) is 3.90. The standard InChI is InChI=1S/C15H14N2O/c16-11-12-2-4-13(5-3-12)17-9-1-7-15(17)8-6-14(18)10-15/h2-6,8H,1,7,9-10H2/t15-/m1/s1. The second-order valence-corrected chi connectivity index (χ2v) is 4.99. The Kier molecular flexibility index (Phi) is 2.45. The van der Waals surface area contributed by atoms with E-state index in [1.54, 1.807) is 6.08 Å². The van der Waals surface area contributed by atoms with Gasteiger partial charge in [-0.3, -0.25) is 4.79 Å². The fourth-order valence-electron chi connectivity index (χ4n) is 3.03. The number of carbonyl (C=O) groups excluding carboxylic acids is 1. The molecule has 0 radical (unpaired) electrons. The molecule has 1 aliphatic carbocycles. The molecular formula is C15H14N2O. The number of rotatable bonds is 1. The molecule has 90 valence electrons. The summed E-state index contributed by atoms with van der Waals surface area (Å²) < 4.78 is 0. The van der Waals surface area contributed by atoms with Gasteiger partial charge in [0.15, 0.2) is 5.78 Å². The summed E-state index contributed by atoms with van der Waals surface area (Å²) >= 11 is 0. The average Bonchev–Trinajstić information content (AvgIpc) is 2.97. The van der Waals surface area contributed by atoms with Gasteiger partial charge < -0.3 is 4.90 Å². The third-order valence-corrected chi connectivity index (χ3v) is 3.90. The summed E-state index contributed by atoms with van der Waals surface area (Å²) in [6.45, 7) is 0.976. The number of hydrogen-bond donors (Lipinski definition) is 0. The van der Waals surface area contributed by atoms with Crippen molar-refractivity contribution >= 4 is 11.5 Å². The Bertz CT molecular complexity index is 553. The largest absolute Gasteiger partial charge is 0.362 e. The lowest BCUT2D eigenvalue weighted by atomic mass is 9.95. The predicted molar refractivity (Wildman–Crippen MR) is 69.2 cm³/mol. The molecule has 2 aliphatic rings. The van der Waals surface area contributed by atoms with E-state index in [-0.39, 0.29) is 11.3 Å². The quantitative estimate of drug-likeness (QED) is 0.754. The summed E-state index contributed by atoms with van der Waals surface area (Å²) in [7, 11) is 0. The molecule has 18 heavy (non-hydrogen) atoms. The van der Waals surface area contributed by atoms with Crippen LogP contribution >= 0.6 is 0 Å². The molecule has 1 spiro atoms. The minimum absolute atomic E-state index is 0.106. The first-order valence-corrected chi connectivity index (χ1v) is 6.23. The van der Waals surface area contributed by atoms with Gasteiger partial charge in [-0.05, 0) is 43.2 Å². The molecule has 0 N–H and O–H groups in total. The highest BCUT2D eigenvalue weighted by Crippen LogP contribution is 2.40. The summed E-state index contributed by atoms with van der Waals surface area (Å²) in [6.07, 6.45) is 6.50. The lowest BCUT2D eigenvalue weighted by Crippen LogP contribution is -2.41. The third kappa shape index (κ3) is 1.62. The van der Waals surface area contributed by atoms with Crippen LogP contribution in [0.1, 0.15) is 24.8 Å². The molecular weight excluding hydrogens is 224 g/mol. The van der Waals surface area contributed by atoms with Crippen LogP contribution in [-0.2, 0) is 4.79 Å². The number of nitriles is 1. The molecule has 3 heteroatoms. The maximum Gasteiger partial charge on any atom is 0.158 e. The predicted octanol–water partition coefficient (Wildman–Crippen LogP) is 2.43. The monoisotopic (exact) mass is 238 g/mol. The van der Waals surface area contributed by atoms with E-state index in [1.807, 2.05) is 24.3 Å². The van der Waals surface area contributed by atoms with Crippen LogP contribution in [0.5, 0.6) is 0 Å². The lowest BCUT2D eigenvalue weighted by Gasteiger charge is -2.35. The first-order chi connectivity index (χ1) is 8.73. The van der Waals surface area contributed by atoms with Gasteiger partial charge in [0, 0.05) is 18.7 Å². The average molecular weight is 238 g/mol. The maximum atomic E-state index is 11.5. The highest BCUT2D eigenvalue weighted by molar-refractivity contribution is 5.95. The fourth-order valence-corrected chi connectivity index (χ4v) is 3.03. The zero-order valence-corrected chi connectivity index (χ0v) is 10.1. The summed E-state index contributed by atoms with van der Waals surface area (Å²) in [5.41, 5.74) is 1.67. The SMILES string of the molecule is N#Cc1ccc(N2CCC[C@]23C=CC(=O)C3)cc1. The van der Waals surface area contributed by atoms with Gasteiger partial charge in [0.25, 0.3) is 0 Å². The molecule has 1 heterocycles. The van der Waals surface area contributed by atoms with Crippen LogP contribution in [0.25, 0.3) is 0 Å². The molecule has 0 unspecified atom stereocenters. The van der Waals surface area contributed by atoms with E-state index >= 15 is 0 Å². The van der Waals surface area contributed by atoms with Crippen molar-refractivity contribution in [3.8, 4) is 6.07 Å². The molecule has 0 saturated carbocycles. The lowest BCUT2D eigenvalue weighted by molar-refractivity contribution is -0.114. The number of carbonyl (C=O) groups is 1. The van der Waals surface area contributed by atoms with Gasteiger partial charge in [0.05, 0.1) is 17.2 Å². The van der Waals surface area contributed by atoms with E-state index < -0.39 is 0 Å². The number of benzene rings is 1. The van der Waals surface area contributed by atoms with Crippen LogP contribution in [0.2, 0.25) is 0 Å². The van der Waals surface area contributed by atoms with Crippen LogP contribution in [0, 0.1) is 11.3 Å². The van der Waals surface area contributed by atoms with E-state index in [4.69, 9.17) is 5.26 Å².